The number of H-pyrrole nitrogens is 1. The molecule has 0 aliphatic rings. The summed E-state index contributed by atoms with van der Waals surface area (Å²) in [6, 6.07) is 11.1. The molecule has 2 rings (SSSR count). The van der Waals surface area contributed by atoms with Crippen LogP contribution in [-0.2, 0) is 6.42 Å². The van der Waals surface area contributed by atoms with Crippen LogP contribution in [0.25, 0.3) is 10.9 Å². The lowest BCUT2D eigenvalue weighted by molar-refractivity contribution is 0.603. The predicted molar refractivity (Wildman–Crippen MR) is 60.5 cm³/mol. The average molecular weight is 188 g/mol. The second kappa shape index (κ2) is 3.84. The van der Waals surface area contributed by atoms with Crippen molar-refractivity contribution in [3.63, 3.8) is 0 Å². The molecule has 2 nitrogen and oxygen atoms in total. The molecular formula is C12H16N2. The first kappa shape index (κ1) is 9.28. The summed E-state index contributed by atoms with van der Waals surface area (Å²) < 4.78 is 0. The number of hydrogen-bond donors (Lipinski definition) is 2. The van der Waals surface area contributed by atoms with Gasteiger partial charge in [0.2, 0.25) is 0 Å². The zero-order valence-electron chi connectivity index (χ0n) is 8.67. The van der Waals surface area contributed by atoms with E-state index >= 15 is 0 Å². The fraction of sp³-hybridized carbons (Fsp3) is 0.333. The Balaban J connectivity index is 2.27. The van der Waals surface area contributed by atoms with Crippen LogP contribution in [0.3, 0.4) is 0 Å². The number of aromatic nitrogens is 1. The topological polar surface area (TPSA) is 27.8 Å². The van der Waals surface area contributed by atoms with Crippen molar-refractivity contribution < 1.29 is 0 Å². The SMILES string of the molecule is CNC(C)Cc1cc2ccccc2[nH]1. The number of rotatable bonds is 3. The van der Waals surface area contributed by atoms with Gasteiger partial charge in [-0.05, 0) is 31.5 Å². The van der Waals surface area contributed by atoms with Crippen molar-refractivity contribution in [1.82, 2.24) is 10.3 Å². The first-order chi connectivity index (χ1) is 6.79. The maximum Gasteiger partial charge on any atom is 0.0456 e. The molecule has 1 aromatic carbocycles. The summed E-state index contributed by atoms with van der Waals surface area (Å²) in [6.45, 7) is 2.19. The monoisotopic (exact) mass is 188 g/mol. The lowest BCUT2D eigenvalue weighted by Crippen LogP contribution is -2.23. The molecule has 0 amide bonds. The van der Waals surface area contributed by atoms with Gasteiger partial charge in [-0.1, -0.05) is 18.2 Å². The summed E-state index contributed by atoms with van der Waals surface area (Å²) >= 11 is 0. The average Bonchev–Trinajstić information content (AvgIpc) is 2.59. The number of para-hydroxylation sites is 1. The van der Waals surface area contributed by atoms with Gasteiger partial charge in [0.05, 0.1) is 0 Å². The van der Waals surface area contributed by atoms with E-state index in [1.807, 2.05) is 7.05 Å². The summed E-state index contributed by atoms with van der Waals surface area (Å²) in [5.74, 6) is 0. The quantitative estimate of drug-likeness (QED) is 0.760. The molecule has 2 N–H and O–H groups in total. The van der Waals surface area contributed by atoms with Crippen LogP contribution in [0, 0.1) is 0 Å². The van der Waals surface area contributed by atoms with Crippen LogP contribution in [-0.4, -0.2) is 18.1 Å². The summed E-state index contributed by atoms with van der Waals surface area (Å²) in [5.41, 5.74) is 2.53. The minimum absolute atomic E-state index is 0.517. The Morgan fingerprint density at radius 2 is 2.14 bits per heavy atom. The lowest BCUT2D eigenvalue weighted by Gasteiger charge is -2.07. The van der Waals surface area contributed by atoms with E-state index in [1.165, 1.54) is 16.6 Å². The van der Waals surface area contributed by atoms with Crippen molar-refractivity contribution in [2.75, 3.05) is 7.05 Å². The third-order valence-electron chi connectivity index (χ3n) is 2.60. The molecule has 2 heteroatoms. The highest BCUT2D eigenvalue weighted by Gasteiger charge is 2.03. The van der Waals surface area contributed by atoms with Crippen LogP contribution in [0.2, 0.25) is 0 Å². The van der Waals surface area contributed by atoms with Crippen molar-refractivity contribution >= 4 is 10.9 Å². The zero-order valence-corrected chi connectivity index (χ0v) is 8.67. The Bertz CT molecular complexity index is 384. The van der Waals surface area contributed by atoms with E-state index in [0.29, 0.717) is 6.04 Å². The Morgan fingerprint density at radius 3 is 2.86 bits per heavy atom. The second-order valence-corrected chi connectivity index (χ2v) is 3.78. The smallest absolute Gasteiger partial charge is 0.0456 e. The number of benzene rings is 1. The summed E-state index contributed by atoms with van der Waals surface area (Å²) in [7, 11) is 1.99. The molecule has 14 heavy (non-hydrogen) atoms. The van der Waals surface area contributed by atoms with Gasteiger partial charge in [0.25, 0.3) is 0 Å². The molecule has 0 fully saturated rings. The highest BCUT2D eigenvalue weighted by atomic mass is 14.9. The molecule has 0 bridgehead atoms. The van der Waals surface area contributed by atoms with Crippen molar-refractivity contribution in [3.8, 4) is 0 Å². The Hall–Kier alpha value is -1.28. The van der Waals surface area contributed by atoms with Crippen molar-refractivity contribution in [3.05, 3.63) is 36.0 Å². The van der Waals surface area contributed by atoms with Crippen LogP contribution in [0.5, 0.6) is 0 Å². The van der Waals surface area contributed by atoms with Crippen LogP contribution in [0.15, 0.2) is 30.3 Å². The first-order valence-electron chi connectivity index (χ1n) is 5.03. The third-order valence-corrected chi connectivity index (χ3v) is 2.60. The molecule has 1 heterocycles. The third kappa shape index (κ3) is 1.80. The largest absolute Gasteiger partial charge is 0.358 e. The minimum atomic E-state index is 0.517. The normalized spacial score (nSPS) is 13.3. The van der Waals surface area contributed by atoms with Crippen LogP contribution >= 0.6 is 0 Å². The molecule has 1 aromatic heterocycles. The predicted octanol–water partition coefficient (Wildman–Crippen LogP) is 2.32. The van der Waals surface area contributed by atoms with E-state index in [0.717, 1.165) is 6.42 Å². The molecule has 0 saturated carbocycles. The highest BCUT2D eigenvalue weighted by molar-refractivity contribution is 5.80. The number of likely N-dealkylation sites (N-methyl/N-ethyl adjacent to an activating group) is 1. The number of fused-ring (bicyclic) bond motifs is 1. The fourth-order valence-corrected chi connectivity index (χ4v) is 1.68. The van der Waals surface area contributed by atoms with Gasteiger partial charge in [0.1, 0.15) is 0 Å². The van der Waals surface area contributed by atoms with Crippen LogP contribution < -0.4 is 5.32 Å². The zero-order chi connectivity index (χ0) is 9.97. The number of nitrogens with one attached hydrogen (secondary N) is 2. The van der Waals surface area contributed by atoms with E-state index < -0.39 is 0 Å². The molecule has 74 valence electrons. The molecule has 0 saturated heterocycles. The lowest BCUT2D eigenvalue weighted by atomic mass is 10.2. The van der Waals surface area contributed by atoms with Gasteiger partial charge < -0.3 is 10.3 Å². The Labute approximate surface area is 84.3 Å². The minimum Gasteiger partial charge on any atom is -0.358 e. The van der Waals surface area contributed by atoms with Crippen molar-refractivity contribution in [1.29, 1.82) is 0 Å². The summed E-state index contributed by atoms with van der Waals surface area (Å²) in [4.78, 5) is 3.42. The molecule has 0 radical (unpaired) electrons. The molecule has 0 spiro atoms. The Morgan fingerprint density at radius 1 is 1.36 bits per heavy atom. The summed E-state index contributed by atoms with van der Waals surface area (Å²) in [6.07, 6.45) is 1.05. The highest BCUT2D eigenvalue weighted by Crippen LogP contribution is 2.15. The Kier molecular flexibility index (Phi) is 2.55. The van der Waals surface area contributed by atoms with E-state index in [4.69, 9.17) is 0 Å². The van der Waals surface area contributed by atoms with E-state index in [2.05, 4.69) is 47.6 Å². The van der Waals surface area contributed by atoms with Gasteiger partial charge in [0, 0.05) is 23.7 Å². The maximum atomic E-state index is 3.42. The molecule has 2 aromatic rings. The van der Waals surface area contributed by atoms with Gasteiger partial charge in [-0.3, -0.25) is 0 Å². The van der Waals surface area contributed by atoms with E-state index in [-0.39, 0.29) is 0 Å². The molecule has 1 atom stereocenters. The summed E-state index contributed by atoms with van der Waals surface area (Å²) in [5, 5.41) is 4.53. The van der Waals surface area contributed by atoms with E-state index in [9.17, 15) is 0 Å². The molecule has 1 unspecified atom stereocenters. The van der Waals surface area contributed by atoms with Gasteiger partial charge >= 0.3 is 0 Å². The van der Waals surface area contributed by atoms with Gasteiger partial charge in [-0.15, -0.1) is 0 Å². The maximum absolute atomic E-state index is 3.42. The van der Waals surface area contributed by atoms with Gasteiger partial charge in [0.15, 0.2) is 0 Å². The van der Waals surface area contributed by atoms with E-state index in [1.54, 1.807) is 0 Å². The van der Waals surface area contributed by atoms with Gasteiger partial charge in [-0.2, -0.15) is 0 Å². The standard InChI is InChI=1S/C12H16N2/c1-9(13-2)7-11-8-10-5-3-4-6-12(10)14-11/h3-6,8-9,13-14H,7H2,1-2H3. The fourth-order valence-electron chi connectivity index (χ4n) is 1.68. The molecular weight excluding hydrogens is 172 g/mol. The first-order valence-corrected chi connectivity index (χ1v) is 5.03. The van der Waals surface area contributed by atoms with Crippen molar-refractivity contribution in [2.24, 2.45) is 0 Å². The number of hydrogen-bond acceptors (Lipinski definition) is 1. The second-order valence-electron chi connectivity index (χ2n) is 3.78. The van der Waals surface area contributed by atoms with Crippen molar-refractivity contribution in [2.45, 2.75) is 19.4 Å². The molecule has 0 aliphatic heterocycles. The molecule has 0 aliphatic carbocycles. The number of aromatic amines is 1. The van der Waals surface area contributed by atoms with Crippen LogP contribution in [0.1, 0.15) is 12.6 Å². The van der Waals surface area contributed by atoms with Gasteiger partial charge in [-0.25, -0.2) is 0 Å². The van der Waals surface area contributed by atoms with Crippen LogP contribution in [0.4, 0.5) is 0 Å².